The second kappa shape index (κ2) is 5.72. The van der Waals surface area contributed by atoms with Crippen LogP contribution in [0.1, 0.15) is 23.9 Å². The third-order valence-corrected chi connectivity index (χ3v) is 3.43. The number of halogens is 2. The molecule has 3 nitrogen and oxygen atoms in total. The van der Waals surface area contributed by atoms with Gasteiger partial charge in [0.25, 0.3) is 0 Å². The highest BCUT2D eigenvalue weighted by Crippen LogP contribution is 2.22. The molecule has 0 radical (unpaired) electrons. The Labute approximate surface area is 117 Å². The predicted octanol–water partition coefficient (Wildman–Crippen LogP) is 3.39. The van der Waals surface area contributed by atoms with Crippen LogP contribution in [0.3, 0.4) is 0 Å². The summed E-state index contributed by atoms with van der Waals surface area (Å²) in [6.07, 6.45) is 0. The first-order valence-corrected chi connectivity index (χ1v) is 6.63. The smallest absolute Gasteiger partial charge is 0.141 e. The van der Waals surface area contributed by atoms with Crippen molar-refractivity contribution in [2.45, 2.75) is 27.3 Å². The van der Waals surface area contributed by atoms with Crippen LogP contribution in [-0.4, -0.2) is 16.3 Å². The van der Waals surface area contributed by atoms with Crippen molar-refractivity contribution in [3.63, 3.8) is 0 Å². The van der Waals surface area contributed by atoms with Gasteiger partial charge in [-0.05, 0) is 38.6 Å². The zero-order valence-electron chi connectivity index (χ0n) is 11.3. The summed E-state index contributed by atoms with van der Waals surface area (Å²) in [6, 6.07) is 4.63. The molecule has 0 aliphatic carbocycles. The Morgan fingerprint density at radius 2 is 2.11 bits per heavy atom. The maximum absolute atomic E-state index is 13.2. The van der Waals surface area contributed by atoms with Crippen LogP contribution >= 0.6 is 11.6 Å². The lowest BCUT2D eigenvalue weighted by atomic mass is 10.2. The number of aromatic nitrogens is 2. The average molecular weight is 282 g/mol. The van der Waals surface area contributed by atoms with E-state index in [4.69, 9.17) is 11.6 Å². The first-order chi connectivity index (χ1) is 9.04. The topological polar surface area (TPSA) is 29.9 Å². The van der Waals surface area contributed by atoms with E-state index >= 15 is 0 Å². The van der Waals surface area contributed by atoms with Crippen molar-refractivity contribution in [2.24, 2.45) is 0 Å². The van der Waals surface area contributed by atoms with E-state index in [1.54, 1.807) is 16.8 Å². The number of aryl methyl sites for hydroxylation is 1. The van der Waals surface area contributed by atoms with Gasteiger partial charge >= 0.3 is 0 Å². The summed E-state index contributed by atoms with van der Waals surface area (Å²) >= 11 is 5.82. The van der Waals surface area contributed by atoms with Crippen molar-refractivity contribution in [3.8, 4) is 5.69 Å². The Hall–Kier alpha value is -1.39. The lowest BCUT2D eigenvalue weighted by Gasteiger charge is -2.06. The number of rotatable bonds is 4. The number of nitrogens with zero attached hydrogens (tertiary/aromatic N) is 2. The molecule has 0 aliphatic rings. The summed E-state index contributed by atoms with van der Waals surface area (Å²) in [5.41, 5.74) is 3.96. The minimum absolute atomic E-state index is 0.110. The molecule has 1 aromatic heterocycles. The Bertz CT molecular complexity index is 593. The van der Waals surface area contributed by atoms with Crippen LogP contribution < -0.4 is 5.32 Å². The quantitative estimate of drug-likeness (QED) is 0.931. The lowest BCUT2D eigenvalue weighted by molar-refractivity contribution is 0.627. The first kappa shape index (κ1) is 14.0. The predicted molar refractivity (Wildman–Crippen MR) is 75.4 cm³/mol. The van der Waals surface area contributed by atoms with Crippen LogP contribution in [0, 0.1) is 19.7 Å². The van der Waals surface area contributed by atoms with E-state index in [2.05, 4.69) is 17.3 Å². The summed E-state index contributed by atoms with van der Waals surface area (Å²) in [6.45, 7) is 7.73. The standard InChI is InChI=1S/C14H17ClFN3/c1-4-17-8-12-9(2)18-19(10(12)3)11-5-6-14(16)13(15)7-11/h5-7,17H,4,8H2,1-3H3. The van der Waals surface area contributed by atoms with E-state index in [1.165, 1.54) is 11.6 Å². The molecule has 102 valence electrons. The molecule has 0 saturated heterocycles. The maximum Gasteiger partial charge on any atom is 0.141 e. The van der Waals surface area contributed by atoms with Gasteiger partial charge in [-0.1, -0.05) is 18.5 Å². The maximum atomic E-state index is 13.2. The summed E-state index contributed by atoms with van der Waals surface area (Å²) < 4.78 is 15.0. The minimum Gasteiger partial charge on any atom is -0.313 e. The number of benzene rings is 1. The highest BCUT2D eigenvalue weighted by atomic mass is 35.5. The van der Waals surface area contributed by atoms with Gasteiger partial charge in [0.2, 0.25) is 0 Å². The van der Waals surface area contributed by atoms with Crippen molar-refractivity contribution >= 4 is 11.6 Å². The van der Waals surface area contributed by atoms with Crippen LogP contribution in [0.15, 0.2) is 18.2 Å². The summed E-state index contributed by atoms with van der Waals surface area (Å²) in [5.74, 6) is -0.417. The van der Waals surface area contributed by atoms with Crippen LogP contribution in [0.4, 0.5) is 4.39 Å². The second-order valence-electron chi connectivity index (χ2n) is 4.44. The molecule has 0 saturated carbocycles. The summed E-state index contributed by atoms with van der Waals surface area (Å²) in [7, 11) is 0. The monoisotopic (exact) mass is 281 g/mol. The van der Waals surface area contributed by atoms with E-state index in [0.29, 0.717) is 0 Å². The molecule has 0 spiro atoms. The third-order valence-electron chi connectivity index (χ3n) is 3.14. The highest BCUT2D eigenvalue weighted by molar-refractivity contribution is 6.30. The van der Waals surface area contributed by atoms with Gasteiger partial charge in [-0.3, -0.25) is 0 Å². The zero-order chi connectivity index (χ0) is 14.0. The normalized spacial score (nSPS) is 11.0. The van der Waals surface area contributed by atoms with Crippen molar-refractivity contribution in [3.05, 3.63) is 46.0 Å². The van der Waals surface area contributed by atoms with Crippen LogP contribution in [-0.2, 0) is 6.54 Å². The summed E-state index contributed by atoms with van der Waals surface area (Å²) in [5, 5.41) is 7.90. The van der Waals surface area contributed by atoms with Gasteiger partial charge in [-0.2, -0.15) is 5.10 Å². The molecule has 0 bridgehead atoms. The van der Waals surface area contributed by atoms with E-state index in [1.807, 2.05) is 13.8 Å². The first-order valence-electron chi connectivity index (χ1n) is 6.25. The molecule has 0 fully saturated rings. The zero-order valence-corrected chi connectivity index (χ0v) is 12.1. The van der Waals surface area contributed by atoms with E-state index < -0.39 is 5.82 Å². The summed E-state index contributed by atoms with van der Waals surface area (Å²) in [4.78, 5) is 0. The molecular weight excluding hydrogens is 265 g/mol. The van der Waals surface area contributed by atoms with Crippen molar-refractivity contribution in [1.82, 2.24) is 15.1 Å². The Morgan fingerprint density at radius 3 is 2.74 bits per heavy atom. The fourth-order valence-electron chi connectivity index (χ4n) is 2.05. The largest absolute Gasteiger partial charge is 0.313 e. The fraction of sp³-hybridized carbons (Fsp3) is 0.357. The van der Waals surface area contributed by atoms with Gasteiger partial charge in [-0.15, -0.1) is 0 Å². The molecule has 0 atom stereocenters. The van der Waals surface area contributed by atoms with Crippen molar-refractivity contribution < 1.29 is 4.39 Å². The Balaban J connectivity index is 2.42. The Kier molecular flexibility index (Phi) is 4.22. The van der Waals surface area contributed by atoms with E-state index in [0.717, 1.165) is 30.2 Å². The molecule has 0 aliphatic heterocycles. The van der Waals surface area contributed by atoms with Gasteiger partial charge < -0.3 is 5.32 Å². The van der Waals surface area contributed by atoms with Crippen LogP contribution in [0.5, 0.6) is 0 Å². The van der Waals surface area contributed by atoms with Crippen LogP contribution in [0.25, 0.3) is 5.69 Å². The van der Waals surface area contributed by atoms with E-state index in [9.17, 15) is 4.39 Å². The SMILES string of the molecule is CCNCc1c(C)nn(-c2ccc(F)c(Cl)c2)c1C. The lowest BCUT2D eigenvalue weighted by Crippen LogP contribution is -2.13. The molecule has 19 heavy (non-hydrogen) atoms. The van der Waals surface area contributed by atoms with Gasteiger partial charge in [0.15, 0.2) is 0 Å². The third kappa shape index (κ3) is 2.80. The molecule has 5 heteroatoms. The number of nitrogens with one attached hydrogen (secondary N) is 1. The van der Waals surface area contributed by atoms with Crippen molar-refractivity contribution in [1.29, 1.82) is 0 Å². The number of hydrogen-bond acceptors (Lipinski definition) is 2. The molecule has 0 unspecified atom stereocenters. The molecule has 1 aromatic carbocycles. The molecule has 1 N–H and O–H groups in total. The molecule has 1 heterocycles. The molecule has 2 aromatic rings. The van der Waals surface area contributed by atoms with Gasteiger partial charge in [-0.25, -0.2) is 9.07 Å². The second-order valence-corrected chi connectivity index (χ2v) is 4.85. The highest BCUT2D eigenvalue weighted by Gasteiger charge is 2.13. The van der Waals surface area contributed by atoms with E-state index in [-0.39, 0.29) is 5.02 Å². The van der Waals surface area contributed by atoms with Gasteiger partial charge in [0.05, 0.1) is 16.4 Å². The van der Waals surface area contributed by atoms with Gasteiger partial charge in [0, 0.05) is 17.8 Å². The molecule has 0 amide bonds. The van der Waals surface area contributed by atoms with Crippen LogP contribution in [0.2, 0.25) is 5.02 Å². The van der Waals surface area contributed by atoms with Crippen molar-refractivity contribution in [2.75, 3.05) is 6.54 Å². The Morgan fingerprint density at radius 1 is 1.37 bits per heavy atom. The van der Waals surface area contributed by atoms with Gasteiger partial charge in [0.1, 0.15) is 5.82 Å². The fourth-order valence-corrected chi connectivity index (χ4v) is 2.22. The molecule has 2 rings (SSSR count). The average Bonchev–Trinajstić information content (AvgIpc) is 2.66. The molecular formula is C14H17ClFN3. The number of hydrogen-bond donors (Lipinski definition) is 1. The minimum atomic E-state index is -0.417.